The van der Waals surface area contributed by atoms with Crippen molar-refractivity contribution in [3.05, 3.63) is 29.8 Å². The molecule has 10 heteroatoms. The molecule has 0 aliphatic carbocycles. The molecule has 0 saturated heterocycles. The largest absolute Gasteiger partial charge is 0.296 e. The Bertz CT molecular complexity index is 874. The molecule has 0 aliphatic rings. The third-order valence-electron chi connectivity index (χ3n) is 3.66. The summed E-state index contributed by atoms with van der Waals surface area (Å²) in [5.41, 5.74) is 0.366. The van der Waals surface area contributed by atoms with Crippen molar-refractivity contribution in [2.24, 2.45) is 0 Å². The molecular formula is C18H26N4O3S3. The summed E-state index contributed by atoms with van der Waals surface area (Å²) >= 11 is 2.89. The zero-order chi connectivity index (χ0) is 20.7. The van der Waals surface area contributed by atoms with Gasteiger partial charge in [-0.05, 0) is 37.1 Å². The zero-order valence-electron chi connectivity index (χ0n) is 16.5. The summed E-state index contributed by atoms with van der Waals surface area (Å²) in [7, 11) is -3.56. The number of carbonyl (C=O) groups excluding carboxylic acids is 1. The highest BCUT2D eigenvalue weighted by molar-refractivity contribution is 8.01. The molecular weight excluding hydrogens is 416 g/mol. The monoisotopic (exact) mass is 442 g/mol. The predicted molar refractivity (Wildman–Crippen MR) is 115 cm³/mol. The molecule has 0 bridgehead atoms. The van der Waals surface area contributed by atoms with Gasteiger partial charge < -0.3 is 0 Å². The van der Waals surface area contributed by atoms with E-state index in [9.17, 15) is 13.2 Å². The van der Waals surface area contributed by atoms with Gasteiger partial charge in [-0.2, -0.15) is 4.31 Å². The molecule has 1 N–H and O–H groups in total. The molecule has 0 fully saturated rings. The van der Waals surface area contributed by atoms with Crippen molar-refractivity contribution in [3.8, 4) is 0 Å². The average molecular weight is 443 g/mol. The number of anilines is 1. The summed E-state index contributed by atoms with van der Waals surface area (Å²) in [6.45, 7) is 8.97. The number of sulfonamides is 1. The van der Waals surface area contributed by atoms with Crippen molar-refractivity contribution in [3.63, 3.8) is 0 Å². The number of hydrogen-bond acceptors (Lipinski definition) is 7. The lowest BCUT2D eigenvalue weighted by Crippen LogP contribution is -2.32. The summed E-state index contributed by atoms with van der Waals surface area (Å²) in [4.78, 5) is 12.6. The molecule has 0 aliphatic heterocycles. The smallest absolute Gasteiger partial charge is 0.257 e. The fourth-order valence-corrected chi connectivity index (χ4v) is 6.05. The van der Waals surface area contributed by atoms with Crippen molar-refractivity contribution in [1.29, 1.82) is 0 Å². The highest BCUT2D eigenvalue weighted by Crippen LogP contribution is 2.28. The van der Waals surface area contributed by atoms with Gasteiger partial charge in [0, 0.05) is 23.9 Å². The van der Waals surface area contributed by atoms with Gasteiger partial charge >= 0.3 is 0 Å². The second-order valence-electron chi connectivity index (χ2n) is 6.42. The molecule has 0 spiro atoms. The van der Waals surface area contributed by atoms with Crippen LogP contribution in [-0.2, 0) is 10.0 Å². The van der Waals surface area contributed by atoms with Gasteiger partial charge in [0.15, 0.2) is 4.34 Å². The second kappa shape index (κ2) is 10.3. The van der Waals surface area contributed by atoms with Crippen LogP contribution in [0.3, 0.4) is 0 Å². The van der Waals surface area contributed by atoms with Crippen LogP contribution in [0.2, 0.25) is 0 Å². The topological polar surface area (TPSA) is 92.3 Å². The molecule has 154 valence electrons. The van der Waals surface area contributed by atoms with E-state index in [1.807, 2.05) is 13.8 Å². The molecule has 1 amide bonds. The maximum Gasteiger partial charge on any atom is 0.257 e. The number of carbonyl (C=O) groups is 1. The molecule has 0 unspecified atom stereocenters. The Morgan fingerprint density at radius 3 is 2.29 bits per heavy atom. The van der Waals surface area contributed by atoms with Crippen LogP contribution >= 0.6 is 23.1 Å². The van der Waals surface area contributed by atoms with Gasteiger partial charge in [0.25, 0.3) is 5.91 Å². The van der Waals surface area contributed by atoms with Crippen LogP contribution in [0.1, 0.15) is 50.9 Å². The zero-order valence-corrected chi connectivity index (χ0v) is 19.0. The van der Waals surface area contributed by atoms with E-state index >= 15 is 0 Å². The van der Waals surface area contributed by atoms with Crippen molar-refractivity contribution < 1.29 is 13.2 Å². The molecule has 28 heavy (non-hydrogen) atoms. The fourth-order valence-electron chi connectivity index (χ4n) is 2.46. The van der Waals surface area contributed by atoms with Gasteiger partial charge in [0.05, 0.1) is 4.90 Å². The molecule has 1 aromatic carbocycles. The first-order chi connectivity index (χ1) is 13.3. The predicted octanol–water partition coefficient (Wildman–Crippen LogP) is 4.10. The van der Waals surface area contributed by atoms with Crippen LogP contribution in [-0.4, -0.2) is 47.2 Å². The van der Waals surface area contributed by atoms with E-state index in [2.05, 4.69) is 29.4 Å². The Kier molecular flexibility index (Phi) is 8.41. The normalized spacial score (nSPS) is 11.9. The maximum atomic E-state index is 12.8. The third-order valence-corrected chi connectivity index (χ3v) is 7.50. The summed E-state index contributed by atoms with van der Waals surface area (Å²) in [5.74, 6) is -0.347. The molecule has 2 rings (SSSR count). The Hall–Kier alpha value is -1.49. The van der Waals surface area contributed by atoms with E-state index in [4.69, 9.17) is 0 Å². The molecule has 0 atom stereocenters. The lowest BCUT2D eigenvalue weighted by atomic mass is 10.2. The minimum atomic E-state index is -3.56. The second-order valence-corrected chi connectivity index (χ2v) is 11.2. The first-order valence-corrected chi connectivity index (χ1v) is 12.3. The number of hydrogen-bond donors (Lipinski definition) is 1. The SMILES string of the molecule is CCCN(CCC)S(=O)(=O)c1ccc(C(=O)Nc2nnc(SC(C)C)s2)cc1. The van der Waals surface area contributed by atoms with E-state index in [0.29, 0.717) is 29.0 Å². The summed E-state index contributed by atoms with van der Waals surface area (Å²) < 4.78 is 27.8. The number of nitrogens with zero attached hydrogens (tertiary/aromatic N) is 3. The quantitative estimate of drug-likeness (QED) is 0.440. The number of rotatable bonds is 10. The van der Waals surface area contributed by atoms with Crippen molar-refractivity contribution >= 4 is 44.2 Å². The van der Waals surface area contributed by atoms with Crippen LogP contribution in [0.5, 0.6) is 0 Å². The molecule has 0 radical (unpaired) electrons. The van der Waals surface area contributed by atoms with E-state index in [1.165, 1.54) is 39.9 Å². The lowest BCUT2D eigenvalue weighted by molar-refractivity contribution is 0.102. The third kappa shape index (κ3) is 6.00. The van der Waals surface area contributed by atoms with Gasteiger partial charge in [-0.25, -0.2) is 8.42 Å². The molecule has 0 saturated carbocycles. The fraction of sp³-hybridized carbons (Fsp3) is 0.500. The van der Waals surface area contributed by atoms with Crippen molar-refractivity contribution in [1.82, 2.24) is 14.5 Å². The number of thioether (sulfide) groups is 1. The van der Waals surface area contributed by atoms with Crippen LogP contribution in [0.15, 0.2) is 33.5 Å². The van der Waals surface area contributed by atoms with Crippen LogP contribution in [0.25, 0.3) is 0 Å². The first kappa shape index (κ1) is 22.8. The van der Waals surface area contributed by atoms with E-state index < -0.39 is 10.0 Å². The Labute approximate surface area is 175 Å². The number of benzene rings is 1. The minimum absolute atomic E-state index is 0.192. The molecule has 1 heterocycles. The van der Waals surface area contributed by atoms with Gasteiger partial charge in [0.1, 0.15) is 0 Å². The Balaban J connectivity index is 2.10. The van der Waals surface area contributed by atoms with Gasteiger partial charge in [-0.3, -0.25) is 10.1 Å². The number of amides is 1. The van der Waals surface area contributed by atoms with Crippen LogP contribution in [0.4, 0.5) is 5.13 Å². The number of nitrogens with one attached hydrogen (secondary N) is 1. The number of aromatic nitrogens is 2. The van der Waals surface area contributed by atoms with Gasteiger partial charge in [0.2, 0.25) is 15.2 Å². The minimum Gasteiger partial charge on any atom is -0.296 e. The molecule has 2 aromatic rings. The molecule has 7 nitrogen and oxygen atoms in total. The maximum absolute atomic E-state index is 12.8. The van der Waals surface area contributed by atoms with Crippen molar-refractivity contribution in [2.45, 2.75) is 55.0 Å². The Morgan fingerprint density at radius 2 is 1.75 bits per heavy atom. The van der Waals surface area contributed by atoms with E-state index in [1.54, 1.807) is 11.8 Å². The summed E-state index contributed by atoms with van der Waals surface area (Å²) in [6, 6.07) is 5.98. The Morgan fingerprint density at radius 1 is 1.14 bits per heavy atom. The molecule has 1 aromatic heterocycles. The van der Waals surface area contributed by atoms with E-state index in [-0.39, 0.29) is 10.8 Å². The highest BCUT2D eigenvalue weighted by Gasteiger charge is 2.23. The highest BCUT2D eigenvalue weighted by atomic mass is 32.2. The van der Waals surface area contributed by atoms with Crippen LogP contribution in [0, 0.1) is 0 Å². The lowest BCUT2D eigenvalue weighted by Gasteiger charge is -2.21. The first-order valence-electron chi connectivity index (χ1n) is 9.19. The van der Waals surface area contributed by atoms with E-state index in [0.717, 1.165) is 17.2 Å². The van der Waals surface area contributed by atoms with Crippen molar-refractivity contribution in [2.75, 3.05) is 18.4 Å². The average Bonchev–Trinajstić information content (AvgIpc) is 3.07. The van der Waals surface area contributed by atoms with Crippen LogP contribution < -0.4 is 5.32 Å². The standard InChI is InChI=1S/C18H26N4O3S3/c1-5-11-22(12-6-2)28(24,25)15-9-7-14(8-10-15)16(23)19-17-20-21-18(27-17)26-13(3)4/h7-10,13H,5-6,11-12H2,1-4H3,(H,19,20,23). The summed E-state index contributed by atoms with van der Waals surface area (Å²) in [5, 5.41) is 11.5. The van der Waals surface area contributed by atoms with Gasteiger partial charge in [-0.1, -0.05) is 50.8 Å². The summed E-state index contributed by atoms with van der Waals surface area (Å²) in [6.07, 6.45) is 1.50. The van der Waals surface area contributed by atoms with Gasteiger partial charge in [-0.15, -0.1) is 10.2 Å².